The lowest BCUT2D eigenvalue weighted by atomic mass is 10.2. The predicted octanol–water partition coefficient (Wildman–Crippen LogP) is 2.42. The van der Waals surface area contributed by atoms with Crippen LogP contribution in [-0.2, 0) is 0 Å². The second-order valence-electron chi connectivity index (χ2n) is 3.96. The lowest BCUT2D eigenvalue weighted by molar-refractivity contribution is 0.275. The van der Waals surface area contributed by atoms with Crippen molar-refractivity contribution in [2.75, 3.05) is 18.1 Å². The van der Waals surface area contributed by atoms with Crippen LogP contribution in [0.1, 0.15) is 6.92 Å². The Bertz CT molecular complexity index is 379. The second kappa shape index (κ2) is 2.21. The highest BCUT2D eigenvalue weighted by molar-refractivity contribution is 9.10. The van der Waals surface area contributed by atoms with Crippen molar-refractivity contribution >= 4 is 21.6 Å². The largest absolute Gasteiger partial charge is 0.488 e. The third-order valence-corrected chi connectivity index (χ3v) is 3.44. The molecule has 1 atom stereocenters. The summed E-state index contributed by atoms with van der Waals surface area (Å²) in [6, 6.07) is 6.19. The Hall–Kier alpha value is -0.700. The van der Waals surface area contributed by atoms with Gasteiger partial charge in [-0.15, -0.1) is 0 Å². The summed E-state index contributed by atoms with van der Waals surface area (Å²) in [5.41, 5.74) is 1.50. The molecule has 2 heterocycles. The van der Waals surface area contributed by atoms with Gasteiger partial charge in [0.1, 0.15) is 6.61 Å². The smallest absolute Gasteiger partial charge is 0.156 e. The summed E-state index contributed by atoms with van der Waals surface area (Å²) in [5, 5.41) is 0. The Kier molecular flexibility index (Phi) is 1.30. The van der Waals surface area contributed by atoms with Gasteiger partial charge in [0.2, 0.25) is 0 Å². The van der Waals surface area contributed by atoms with Crippen molar-refractivity contribution in [3.8, 4) is 5.75 Å². The molecule has 0 bridgehead atoms. The maximum Gasteiger partial charge on any atom is 0.156 e. The van der Waals surface area contributed by atoms with Crippen LogP contribution in [0.25, 0.3) is 0 Å². The van der Waals surface area contributed by atoms with Gasteiger partial charge in [-0.3, -0.25) is 0 Å². The van der Waals surface area contributed by atoms with Crippen molar-refractivity contribution in [3.63, 3.8) is 0 Å². The molecule has 1 fully saturated rings. The highest BCUT2D eigenvalue weighted by atomic mass is 79.9. The van der Waals surface area contributed by atoms with Crippen LogP contribution in [0.2, 0.25) is 0 Å². The Morgan fingerprint density at radius 2 is 2.38 bits per heavy atom. The molecule has 1 aromatic rings. The number of nitrogens with zero attached hydrogens (tertiary/aromatic N) is 1. The van der Waals surface area contributed by atoms with Gasteiger partial charge in [-0.2, -0.15) is 0 Å². The molecule has 1 unspecified atom stereocenters. The Balaban J connectivity index is 2.15. The number of ether oxygens (including phenoxy) is 1. The first-order valence-electron chi connectivity index (χ1n) is 4.40. The van der Waals surface area contributed by atoms with Crippen molar-refractivity contribution in [3.05, 3.63) is 22.7 Å². The quantitative estimate of drug-likeness (QED) is 0.645. The molecule has 3 rings (SSSR count). The summed E-state index contributed by atoms with van der Waals surface area (Å²) in [7, 11) is 0. The molecular formula is C10H10BrNO. The van der Waals surface area contributed by atoms with E-state index in [1.165, 1.54) is 5.69 Å². The third kappa shape index (κ3) is 0.937. The van der Waals surface area contributed by atoms with E-state index in [9.17, 15) is 0 Å². The van der Waals surface area contributed by atoms with E-state index in [0.717, 1.165) is 23.4 Å². The normalized spacial score (nSPS) is 28.9. The van der Waals surface area contributed by atoms with E-state index in [4.69, 9.17) is 4.74 Å². The van der Waals surface area contributed by atoms with Gasteiger partial charge in [-0.05, 0) is 35.0 Å². The standard InChI is InChI=1S/C10H10BrNO/c1-10-5-12(10)8-4-2-3-7(11)9(8)13-6-10/h2-4H,5-6H2,1H3. The number of fused-ring (bicyclic) bond motifs is 3. The van der Waals surface area contributed by atoms with Crippen molar-refractivity contribution in [1.29, 1.82) is 0 Å². The van der Waals surface area contributed by atoms with Crippen LogP contribution >= 0.6 is 15.9 Å². The molecule has 1 aromatic carbocycles. The molecule has 2 aliphatic heterocycles. The average molecular weight is 240 g/mol. The molecule has 2 aliphatic rings. The minimum atomic E-state index is 0.272. The number of hydrogen-bond acceptors (Lipinski definition) is 2. The number of anilines is 1. The summed E-state index contributed by atoms with van der Waals surface area (Å²) in [4.78, 5) is 2.39. The number of halogens is 1. The molecule has 0 saturated carbocycles. The molecule has 1 saturated heterocycles. The molecule has 0 radical (unpaired) electrons. The summed E-state index contributed by atoms with van der Waals surface area (Å²) < 4.78 is 6.78. The number of benzene rings is 1. The van der Waals surface area contributed by atoms with Crippen LogP contribution in [0.15, 0.2) is 22.7 Å². The minimum absolute atomic E-state index is 0.272. The number of hydrogen-bond donors (Lipinski definition) is 0. The SMILES string of the molecule is CC12COc3c(Br)cccc3N1C2. The molecule has 13 heavy (non-hydrogen) atoms. The van der Waals surface area contributed by atoms with Crippen molar-refractivity contribution in [2.24, 2.45) is 0 Å². The highest BCUT2D eigenvalue weighted by Crippen LogP contribution is 2.49. The average Bonchev–Trinajstić information content (AvgIpc) is 2.78. The second-order valence-corrected chi connectivity index (χ2v) is 4.81. The van der Waals surface area contributed by atoms with Gasteiger partial charge in [-0.1, -0.05) is 6.07 Å². The maximum absolute atomic E-state index is 5.72. The lowest BCUT2D eigenvalue weighted by Crippen LogP contribution is -2.27. The van der Waals surface area contributed by atoms with Gasteiger partial charge in [0, 0.05) is 6.54 Å². The zero-order valence-corrected chi connectivity index (χ0v) is 8.97. The fraction of sp³-hybridized carbons (Fsp3) is 0.400. The predicted molar refractivity (Wildman–Crippen MR) is 55.4 cm³/mol. The fourth-order valence-electron chi connectivity index (χ4n) is 1.89. The van der Waals surface area contributed by atoms with Gasteiger partial charge < -0.3 is 9.64 Å². The first kappa shape index (κ1) is 7.68. The minimum Gasteiger partial charge on any atom is -0.488 e. The Morgan fingerprint density at radius 3 is 3.23 bits per heavy atom. The van der Waals surface area contributed by atoms with Crippen molar-refractivity contribution < 1.29 is 4.74 Å². The van der Waals surface area contributed by atoms with Crippen LogP contribution in [-0.4, -0.2) is 18.7 Å². The van der Waals surface area contributed by atoms with Gasteiger partial charge in [-0.25, -0.2) is 0 Å². The Morgan fingerprint density at radius 1 is 1.54 bits per heavy atom. The van der Waals surface area contributed by atoms with Crippen LogP contribution in [0.3, 0.4) is 0 Å². The molecule has 0 aromatic heterocycles. The number of rotatable bonds is 0. The van der Waals surface area contributed by atoms with Gasteiger partial charge in [0.25, 0.3) is 0 Å². The van der Waals surface area contributed by atoms with E-state index in [1.807, 2.05) is 6.07 Å². The van der Waals surface area contributed by atoms with Gasteiger partial charge in [0.15, 0.2) is 5.75 Å². The molecule has 3 heteroatoms. The van der Waals surface area contributed by atoms with Gasteiger partial charge in [0.05, 0.1) is 15.7 Å². The van der Waals surface area contributed by atoms with Crippen LogP contribution < -0.4 is 9.64 Å². The van der Waals surface area contributed by atoms with Gasteiger partial charge >= 0.3 is 0 Å². The zero-order chi connectivity index (χ0) is 9.05. The third-order valence-electron chi connectivity index (χ3n) is 2.81. The lowest BCUT2D eigenvalue weighted by Gasteiger charge is -2.24. The van der Waals surface area contributed by atoms with Crippen LogP contribution in [0, 0.1) is 0 Å². The molecule has 0 amide bonds. The van der Waals surface area contributed by atoms with Crippen LogP contribution in [0.4, 0.5) is 5.69 Å². The van der Waals surface area contributed by atoms with E-state index < -0.39 is 0 Å². The summed E-state index contributed by atoms with van der Waals surface area (Å²) in [6.45, 7) is 4.16. The van der Waals surface area contributed by atoms with Crippen molar-refractivity contribution in [1.82, 2.24) is 0 Å². The monoisotopic (exact) mass is 239 g/mol. The molecule has 0 spiro atoms. The molecular weight excluding hydrogens is 230 g/mol. The van der Waals surface area contributed by atoms with E-state index >= 15 is 0 Å². The number of para-hydroxylation sites is 1. The first-order valence-corrected chi connectivity index (χ1v) is 5.19. The Labute approximate surface area is 85.6 Å². The van der Waals surface area contributed by atoms with E-state index in [0.29, 0.717) is 0 Å². The zero-order valence-electron chi connectivity index (χ0n) is 7.38. The maximum atomic E-state index is 5.72. The molecule has 0 N–H and O–H groups in total. The fourth-order valence-corrected chi connectivity index (χ4v) is 2.36. The van der Waals surface area contributed by atoms with Crippen molar-refractivity contribution in [2.45, 2.75) is 12.5 Å². The first-order chi connectivity index (χ1) is 6.21. The topological polar surface area (TPSA) is 12.2 Å². The highest BCUT2D eigenvalue weighted by Gasteiger charge is 2.52. The van der Waals surface area contributed by atoms with E-state index in [-0.39, 0.29) is 5.54 Å². The molecule has 0 aliphatic carbocycles. The summed E-state index contributed by atoms with van der Waals surface area (Å²) in [6.07, 6.45) is 0. The van der Waals surface area contributed by atoms with Crippen LogP contribution in [0.5, 0.6) is 5.75 Å². The summed E-state index contributed by atoms with van der Waals surface area (Å²) >= 11 is 3.49. The summed E-state index contributed by atoms with van der Waals surface area (Å²) in [5.74, 6) is 0.998. The molecule has 68 valence electrons. The molecule has 2 nitrogen and oxygen atoms in total. The van der Waals surface area contributed by atoms with E-state index in [2.05, 4.69) is 39.9 Å². The van der Waals surface area contributed by atoms with E-state index in [1.54, 1.807) is 0 Å².